The van der Waals surface area contributed by atoms with Crippen LogP contribution in [0.4, 0.5) is 0 Å². The maximum atomic E-state index is 11.8. The molecule has 1 aromatic carbocycles. The van der Waals surface area contributed by atoms with Crippen LogP contribution in [0.1, 0.15) is 37.3 Å². The van der Waals surface area contributed by atoms with Crippen LogP contribution in [0.2, 0.25) is 0 Å². The van der Waals surface area contributed by atoms with E-state index in [9.17, 15) is 4.79 Å². The van der Waals surface area contributed by atoms with Crippen molar-refractivity contribution in [3.05, 3.63) is 22.2 Å². The first-order valence-electron chi connectivity index (χ1n) is 7.29. The Hall–Kier alpha value is -1.27. The molecule has 1 unspecified atom stereocenters. The van der Waals surface area contributed by atoms with E-state index in [-0.39, 0.29) is 5.91 Å². The number of hydrogen-bond donors (Lipinski definition) is 2. The number of amides is 1. The van der Waals surface area contributed by atoms with Crippen molar-refractivity contribution in [3.63, 3.8) is 0 Å². The molecule has 1 aromatic rings. The van der Waals surface area contributed by atoms with Crippen LogP contribution >= 0.6 is 15.9 Å². The highest BCUT2D eigenvalue weighted by molar-refractivity contribution is 9.10. The summed E-state index contributed by atoms with van der Waals surface area (Å²) in [7, 11) is 0. The summed E-state index contributed by atoms with van der Waals surface area (Å²) in [5.41, 5.74) is 6.39. The van der Waals surface area contributed by atoms with Gasteiger partial charge in [-0.3, -0.25) is 10.1 Å². The van der Waals surface area contributed by atoms with Crippen LogP contribution in [0.25, 0.3) is 0 Å². The number of ether oxygens (including phenoxy) is 2. The Morgan fingerprint density at radius 1 is 1.29 bits per heavy atom. The van der Waals surface area contributed by atoms with Crippen LogP contribution in [0.3, 0.4) is 0 Å². The fourth-order valence-electron chi connectivity index (χ4n) is 2.97. The van der Waals surface area contributed by atoms with E-state index in [1.807, 2.05) is 12.1 Å². The van der Waals surface area contributed by atoms with Crippen LogP contribution in [0.15, 0.2) is 16.6 Å². The maximum Gasteiger partial charge on any atom is 0.239 e. The van der Waals surface area contributed by atoms with E-state index in [0.29, 0.717) is 30.8 Å². The number of primary amides is 1. The zero-order chi connectivity index (χ0) is 14.8. The standard InChI is InChI=1S/C15H19BrN2O3/c16-11-7-9(8-12-14(11)21-6-5-20-12)13(15(17)19)18-10-3-1-2-4-10/h7-8,10,13,18H,1-6H2,(H2,17,19). The third-order valence-electron chi connectivity index (χ3n) is 3.99. The summed E-state index contributed by atoms with van der Waals surface area (Å²) in [4.78, 5) is 11.8. The second-order valence-electron chi connectivity index (χ2n) is 5.51. The molecule has 0 saturated heterocycles. The quantitative estimate of drug-likeness (QED) is 0.869. The van der Waals surface area contributed by atoms with Gasteiger partial charge in [-0.1, -0.05) is 12.8 Å². The number of fused-ring (bicyclic) bond motifs is 1. The molecular formula is C15H19BrN2O3. The van der Waals surface area contributed by atoms with Gasteiger partial charge in [0.2, 0.25) is 5.91 Å². The summed E-state index contributed by atoms with van der Waals surface area (Å²) in [6.45, 7) is 1.05. The van der Waals surface area contributed by atoms with Crippen LogP contribution in [0.5, 0.6) is 11.5 Å². The van der Waals surface area contributed by atoms with E-state index < -0.39 is 6.04 Å². The van der Waals surface area contributed by atoms with Crippen molar-refractivity contribution in [2.75, 3.05) is 13.2 Å². The van der Waals surface area contributed by atoms with E-state index in [4.69, 9.17) is 15.2 Å². The molecule has 6 heteroatoms. The average molecular weight is 355 g/mol. The summed E-state index contributed by atoms with van der Waals surface area (Å²) in [5.74, 6) is 0.977. The van der Waals surface area contributed by atoms with Gasteiger partial charge < -0.3 is 15.2 Å². The van der Waals surface area contributed by atoms with Crippen molar-refractivity contribution in [1.29, 1.82) is 0 Å². The molecule has 1 saturated carbocycles. The van der Waals surface area contributed by atoms with E-state index in [1.54, 1.807) is 0 Å². The van der Waals surface area contributed by atoms with Gasteiger partial charge in [0.15, 0.2) is 11.5 Å². The molecule has 0 radical (unpaired) electrons. The highest BCUT2D eigenvalue weighted by Gasteiger charge is 2.26. The second kappa shape index (κ2) is 6.23. The Kier molecular flexibility index (Phi) is 4.35. The molecule has 21 heavy (non-hydrogen) atoms. The lowest BCUT2D eigenvalue weighted by atomic mass is 10.0. The number of carbonyl (C=O) groups is 1. The molecule has 0 aromatic heterocycles. The van der Waals surface area contributed by atoms with Crippen molar-refractivity contribution in [2.24, 2.45) is 5.73 Å². The first kappa shape index (κ1) is 14.7. The highest BCUT2D eigenvalue weighted by Crippen LogP contribution is 2.40. The molecule has 5 nitrogen and oxygen atoms in total. The number of carbonyl (C=O) groups excluding carboxylic acids is 1. The van der Waals surface area contributed by atoms with Gasteiger partial charge in [0, 0.05) is 6.04 Å². The van der Waals surface area contributed by atoms with Gasteiger partial charge in [0.25, 0.3) is 0 Å². The van der Waals surface area contributed by atoms with E-state index >= 15 is 0 Å². The zero-order valence-electron chi connectivity index (χ0n) is 11.7. The van der Waals surface area contributed by atoms with Gasteiger partial charge >= 0.3 is 0 Å². The monoisotopic (exact) mass is 354 g/mol. The molecule has 3 rings (SSSR count). The summed E-state index contributed by atoms with van der Waals surface area (Å²) >= 11 is 3.48. The molecule has 1 fully saturated rings. The van der Waals surface area contributed by atoms with E-state index in [2.05, 4.69) is 21.2 Å². The van der Waals surface area contributed by atoms with Gasteiger partial charge in [0.1, 0.15) is 19.3 Å². The fourth-order valence-corrected chi connectivity index (χ4v) is 3.54. The molecule has 0 spiro atoms. The Morgan fingerprint density at radius 3 is 2.71 bits per heavy atom. The minimum absolute atomic E-state index is 0.356. The molecule has 1 atom stereocenters. The normalized spacial score (nSPS) is 19.5. The Balaban J connectivity index is 1.88. The SMILES string of the molecule is NC(=O)C(NC1CCCC1)c1cc(Br)c2c(c1)OCCO2. The third-order valence-corrected chi connectivity index (χ3v) is 4.58. The number of rotatable bonds is 4. The Morgan fingerprint density at radius 2 is 2.00 bits per heavy atom. The molecule has 0 bridgehead atoms. The molecule has 1 aliphatic heterocycles. The largest absolute Gasteiger partial charge is 0.486 e. The first-order valence-corrected chi connectivity index (χ1v) is 8.09. The molecular weight excluding hydrogens is 336 g/mol. The van der Waals surface area contributed by atoms with Crippen molar-refractivity contribution < 1.29 is 14.3 Å². The first-order chi connectivity index (χ1) is 10.1. The number of nitrogens with two attached hydrogens (primary N) is 1. The third kappa shape index (κ3) is 3.16. The molecule has 3 N–H and O–H groups in total. The predicted molar refractivity (Wildman–Crippen MR) is 82.5 cm³/mol. The lowest BCUT2D eigenvalue weighted by molar-refractivity contribution is -0.120. The van der Waals surface area contributed by atoms with E-state index in [1.165, 1.54) is 12.8 Å². The van der Waals surface area contributed by atoms with Crippen LogP contribution in [0, 0.1) is 0 Å². The van der Waals surface area contributed by atoms with Gasteiger partial charge in [-0.2, -0.15) is 0 Å². The molecule has 114 valence electrons. The smallest absolute Gasteiger partial charge is 0.239 e. The predicted octanol–water partition coefficient (Wildman–Crippen LogP) is 2.28. The molecule has 1 amide bonds. The van der Waals surface area contributed by atoms with Crippen molar-refractivity contribution >= 4 is 21.8 Å². The number of hydrogen-bond acceptors (Lipinski definition) is 4. The van der Waals surface area contributed by atoms with Gasteiger partial charge in [-0.05, 0) is 46.5 Å². The Bertz CT molecular complexity index is 544. The minimum Gasteiger partial charge on any atom is -0.486 e. The lowest BCUT2D eigenvalue weighted by Crippen LogP contribution is -2.39. The van der Waals surface area contributed by atoms with Gasteiger partial charge in [0.05, 0.1) is 4.47 Å². The fraction of sp³-hybridized carbons (Fsp3) is 0.533. The molecule has 1 heterocycles. The summed E-state index contributed by atoms with van der Waals surface area (Å²) < 4.78 is 12.0. The average Bonchev–Trinajstić information content (AvgIpc) is 2.97. The van der Waals surface area contributed by atoms with Crippen LogP contribution < -0.4 is 20.5 Å². The molecule has 1 aliphatic carbocycles. The summed E-state index contributed by atoms with van der Waals surface area (Å²) in [5, 5.41) is 3.37. The van der Waals surface area contributed by atoms with Crippen molar-refractivity contribution in [3.8, 4) is 11.5 Å². The molecule has 2 aliphatic rings. The van der Waals surface area contributed by atoms with Crippen molar-refractivity contribution in [2.45, 2.75) is 37.8 Å². The lowest BCUT2D eigenvalue weighted by Gasteiger charge is -2.24. The van der Waals surface area contributed by atoms with Crippen molar-refractivity contribution in [1.82, 2.24) is 5.32 Å². The number of halogens is 1. The Labute approximate surface area is 132 Å². The zero-order valence-corrected chi connectivity index (χ0v) is 13.3. The van der Waals surface area contributed by atoms with E-state index in [0.717, 1.165) is 22.9 Å². The van der Waals surface area contributed by atoms with Gasteiger partial charge in [-0.15, -0.1) is 0 Å². The number of nitrogens with one attached hydrogen (secondary N) is 1. The second-order valence-corrected chi connectivity index (χ2v) is 6.36. The topological polar surface area (TPSA) is 73.6 Å². The highest BCUT2D eigenvalue weighted by atomic mass is 79.9. The van der Waals surface area contributed by atoms with Crippen LogP contribution in [-0.4, -0.2) is 25.2 Å². The summed E-state index contributed by atoms with van der Waals surface area (Å²) in [6.07, 6.45) is 4.59. The maximum absolute atomic E-state index is 11.8. The number of benzene rings is 1. The summed E-state index contributed by atoms with van der Waals surface area (Å²) in [6, 6.07) is 3.58. The van der Waals surface area contributed by atoms with Crippen LogP contribution in [-0.2, 0) is 4.79 Å². The van der Waals surface area contributed by atoms with Gasteiger partial charge in [-0.25, -0.2) is 0 Å². The minimum atomic E-state index is -0.500.